The standard InChI is InChI=1S/C17H32O5/c1-2-3-4-5-6-7-8-9-10-11-17(20)22-15-14-21-13-12-16(18)19/h2-15H2,1H3,(H,18,19). The quantitative estimate of drug-likeness (QED) is 0.345. The van der Waals surface area contributed by atoms with Crippen molar-refractivity contribution < 1.29 is 24.2 Å². The minimum atomic E-state index is -0.887. The van der Waals surface area contributed by atoms with E-state index in [4.69, 9.17) is 14.6 Å². The monoisotopic (exact) mass is 316 g/mol. The molecule has 0 atom stereocenters. The Labute approximate surface area is 134 Å². The summed E-state index contributed by atoms with van der Waals surface area (Å²) in [5.41, 5.74) is 0. The minimum Gasteiger partial charge on any atom is -0.481 e. The Hall–Kier alpha value is -1.10. The summed E-state index contributed by atoms with van der Waals surface area (Å²) in [5, 5.41) is 8.41. The summed E-state index contributed by atoms with van der Waals surface area (Å²) in [4.78, 5) is 21.7. The van der Waals surface area contributed by atoms with E-state index in [0.29, 0.717) is 6.42 Å². The number of esters is 1. The van der Waals surface area contributed by atoms with E-state index in [9.17, 15) is 9.59 Å². The average molecular weight is 316 g/mol. The van der Waals surface area contributed by atoms with Crippen LogP contribution in [0.3, 0.4) is 0 Å². The van der Waals surface area contributed by atoms with Gasteiger partial charge in [0.2, 0.25) is 0 Å². The fourth-order valence-corrected chi connectivity index (χ4v) is 2.13. The fourth-order valence-electron chi connectivity index (χ4n) is 2.13. The molecular formula is C17H32O5. The van der Waals surface area contributed by atoms with Gasteiger partial charge in [0.1, 0.15) is 6.61 Å². The zero-order chi connectivity index (χ0) is 16.5. The lowest BCUT2D eigenvalue weighted by Gasteiger charge is -2.05. The van der Waals surface area contributed by atoms with Gasteiger partial charge < -0.3 is 14.6 Å². The van der Waals surface area contributed by atoms with Crippen molar-refractivity contribution in [2.24, 2.45) is 0 Å². The van der Waals surface area contributed by atoms with Crippen molar-refractivity contribution in [3.8, 4) is 0 Å². The Morgan fingerprint density at radius 1 is 0.773 bits per heavy atom. The molecule has 0 aromatic heterocycles. The predicted molar refractivity (Wildman–Crippen MR) is 85.9 cm³/mol. The van der Waals surface area contributed by atoms with Crippen LogP contribution in [0.2, 0.25) is 0 Å². The van der Waals surface area contributed by atoms with Gasteiger partial charge in [-0.1, -0.05) is 58.3 Å². The highest BCUT2D eigenvalue weighted by Crippen LogP contribution is 2.10. The smallest absolute Gasteiger partial charge is 0.305 e. The van der Waals surface area contributed by atoms with E-state index in [1.165, 1.54) is 44.9 Å². The molecule has 0 rings (SSSR count). The maximum atomic E-state index is 11.4. The SMILES string of the molecule is CCCCCCCCCCCC(=O)OCCOCCC(=O)O. The second kappa shape index (κ2) is 16.3. The summed E-state index contributed by atoms with van der Waals surface area (Å²) in [6.45, 7) is 2.85. The minimum absolute atomic E-state index is 0.0214. The van der Waals surface area contributed by atoms with Crippen molar-refractivity contribution in [1.82, 2.24) is 0 Å². The molecule has 0 saturated carbocycles. The number of rotatable bonds is 16. The highest BCUT2D eigenvalue weighted by Gasteiger charge is 2.03. The van der Waals surface area contributed by atoms with Crippen molar-refractivity contribution in [2.45, 2.75) is 77.6 Å². The Bertz CT molecular complexity index is 278. The van der Waals surface area contributed by atoms with Gasteiger partial charge in [-0.15, -0.1) is 0 Å². The fraction of sp³-hybridized carbons (Fsp3) is 0.882. The maximum absolute atomic E-state index is 11.4. The highest BCUT2D eigenvalue weighted by molar-refractivity contribution is 5.69. The first-order valence-corrected chi connectivity index (χ1v) is 8.62. The number of hydrogen-bond acceptors (Lipinski definition) is 4. The molecule has 0 spiro atoms. The normalized spacial score (nSPS) is 10.6. The van der Waals surface area contributed by atoms with E-state index in [0.717, 1.165) is 12.8 Å². The summed E-state index contributed by atoms with van der Waals surface area (Å²) in [5.74, 6) is -1.08. The van der Waals surface area contributed by atoms with Crippen LogP contribution in [-0.2, 0) is 19.1 Å². The van der Waals surface area contributed by atoms with Gasteiger partial charge in [0.25, 0.3) is 0 Å². The van der Waals surface area contributed by atoms with E-state index in [1.807, 2.05) is 0 Å². The van der Waals surface area contributed by atoms with Crippen LogP contribution in [0.5, 0.6) is 0 Å². The number of unbranched alkanes of at least 4 members (excludes halogenated alkanes) is 8. The summed E-state index contributed by atoms with van der Waals surface area (Å²) in [6.07, 6.45) is 11.5. The summed E-state index contributed by atoms with van der Waals surface area (Å²) < 4.78 is 10.0. The van der Waals surface area contributed by atoms with Crippen molar-refractivity contribution in [3.63, 3.8) is 0 Å². The molecule has 5 nitrogen and oxygen atoms in total. The zero-order valence-electron chi connectivity index (χ0n) is 14.0. The van der Waals surface area contributed by atoms with Crippen LogP contribution in [0.25, 0.3) is 0 Å². The van der Waals surface area contributed by atoms with E-state index in [-0.39, 0.29) is 32.2 Å². The molecule has 0 aliphatic rings. The predicted octanol–water partition coefficient (Wildman–Crippen LogP) is 3.94. The first-order chi connectivity index (χ1) is 10.7. The van der Waals surface area contributed by atoms with Gasteiger partial charge in [-0.2, -0.15) is 0 Å². The largest absolute Gasteiger partial charge is 0.481 e. The van der Waals surface area contributed by atoms with Crippen LogP contribution in [-0.4, -0.2) is 36.9 Å². The second-order valence-corrected chi connectivity index (χ2v) is 5.56. The molecule has 0 fully saturated rings. The van der Waals surface area contributed by atoms with Gasteiger partial charge in [0, 0.05) is 6.42 Å². The first kappa shape index (κ1) is 20.9. The topological polar surface area (TPSA) is 72.8 Å². The molecule has 0 amide bonds. The zero-order valence-corrected chi connectivity index (χ0v) is 14.0. The molecular weight excluding hydrogens is 284 g/mol. The van der Waals surface area contributed by atoms with Gasteiger partial charge in [-0.25, -0.2) is 0 Å². The van der Waals surface area contributed by atoms with E-state index in [2.05, 4.69) is 6.92 Å². The summed E-state index contributed by atoms with van der Waals surface area (Å²) >= 11 is 0. The molecule has 0 unspecified atom stereocenters. The van der Waals surface area contributed by atoms with Crippen LogP contribution in [0.15, 0.2) is 0 Å². The average Bonchev–Trinajstić information content (AvgIpc) is 2.48. The molecule has 0 aliphatic heterocycles. The molecule has 0 aromatic rings. The molecule has 22 heavy (non-hydrogen) atoms. The number of hydrogen-bond donors (Lipinski definition) is 1. The molecule has 0 radical (unpaired) electrons. The van der Waals surface area contributed by atoms with Crippen molar-refractivity contribution in [2.75, 3.05) is 19.8 Å². The number of carbonyl (C=O) groups excluding carboxylic acids is 1. The third-order valence-electron chi connectivity index (χ3n) is 3.44. The molecule has 0 saturated heterocycles. The molecule has 0 heterocycles. The number of carboxylic acids is 1. The van der Waals surface area contributed by atoms with Crippen molar-refractivity contribution in [1.29, 1.82) is 0 Å². The Morgan fingerprint density at radius 2 is 1.36 bits per heavy atom. The third-order valence-corrected chi connectivity index (χ3v) is 3.44. The Kier molecular flexibility index (Phi) is 15.5. The van der Waals surface area contributed by atoms with Crippen LogP contribution in [0.4, 0.5) is 0 Å². The summed E-state index contributed by atoms with van der Waals surface area (Å²) in [7, 11) is 0. The van der Waals surface area contributed by atoms with Crippen molar-refractivity contribution in [3.05, 3.63) is 0 Å². The molecule has 130 valence electrons. The third kappa shape index (κ3) is 17.0. The number of carboxylic acid groups (broad SMARTS) is 1. The molecule has 5 heteroatoms. The van der Waals surface area contributed by atoms with Crippen LogP contribution in [0, 0.1) is 0 Å². The lowest BCUT2D eigenvalue weighted by molar-refractivity contribution is -0.146. The second-order valence-electron chi connectivity index (χ2n) is 5.56. The van der Waals surface area contributed by atoms with Gasteiger partial charge in [0.15, 0.2) is 0 Å². The first-order valence-electron chi connectivity index (χ1n) is 8.62. The lowest BCUT2D eigenvalue weighted by atomic mass is 10.1. The van der Waals surface area contributed by atoms with E-state index < -0.39 is 5.97 Å². The number of ether oxygens (including phenoxy) is 2. The number of carbonyl (C=O) groups is 2. The van der Waals surface area contributed by atoms with Gasteiger partial charge in [-0.3, -0.25) is 9.59 Å². The molecule has 0 aliphatic carbocycles. The molecule has 0 aromatic carbocycles. The maximum Gasteiger partial charge on any atom is 0.305 e. The van der Waals surface area contributed by atoms with Crippen LogP contribution >= 0.6 is 0 Å². The Morgan fingerprint density at radius 3 is 1.95 bits per heavy atom. The van der Waals surface area contributed by atoms with E-state index >= 15 is 0 Å². The van der Waals surface area contributed by atoms with Gasteiger partial charge >= 0.3 is 11.9 Å². The van der Waals surface area contributed by atoms with Gasteiger partial charge in [-0.05, 0) is 6.42 Å². The van der Waals surface area contributed by atoms with Crippen molar-refractivity contribution >= 4 is 11.9 Å². The Balaban J connectivity index is 3.17. The molecule has 1 N–H and O–H groups in total. The van der Waals surface area contributed by atoms with Crippen LogP contribution < -0.4 is 0 Å². The van der Waals surface area contributed by atoms with E-state index in [1.54, 1.807) is 0 Å². The molecule has 0 bridgehead atoms. The number of aliphatic carboxylic acids is 1. The van der Waals surface area contributed by atoms with Gasteiger partial charge in [0.05, 0.1) is 19.6 Å². The summed E-state index contributed by atoms with van der Waals surface area (Å²) in [6, 6.07) is 0. The van der Waals surface area contributed by atoms with Crippen LogP contribution in [0.1, 0.15) is 77.6 Å². The highest BCUT2D eigenvalue weighted by atomic mass is 16.6. The lowest BCUT2D eigenvalue weighted by Crippen LogP contribution is -2.12.